The number of rotatable bonds is 3. The number of carbonyl (C=O) groups excluding carboxylic acids is 1. The standard InChI is InChI=1S/C21H22N2O2S2/c24-20(15-27-21(26)22-12-6-7-13-22)23-17-10-4-5-11-19(17)25-14-18(23)16-8-2-1-3-9-16/h1-5,8-11,18H,6-7,12-15H2/t18-/m1/s1. The third-order valence-electron chi connectivity index (χ3n) is 4.97. The monoisotopic (exact) mass is 398 g/mol. The summed E-state index contributed by atoms with van der Waals surface area (Å²) in [7, 11) is 0. The predicted molar refractivity (Wildman–Crippen MR) is 114 cm³/mol. The molecule has 1 atom stereocenters. The van der Waals surface area contributed by atoms with E-state index in [4.69, 9.17) is 17.0 Å². The molecule has 2 aromatic rings. The van der Waals surface area contributed by atoms with Gasteiger partial charge in [0.05, 0.1) is 17.5 Å². The molecule has 2 aromatic carbocycles. The quantitative estimate of drug-likeness (QED) is 0.721. The van der Waals surface area contributed by atoms with Gasteiger partial charge in [-0.2, -0.15) is 0 Å². The lowest BCUT2D eigenvalue weighted by Crippen LogP contribution is -2.42. The van der Waals surface area contributed by atoms with E-state index in [0.29, 0.717) is 12.4 Å². The fourth-order valence-corrected chi connectivity index (χ4v) is 4.71. The van der Waals surface area contributed by atoms with Crippen LogP contribution < -0.4 is 9.64 Å². The van der Waals surface area contributed by atoms with Crippen LogP contribution in [0.4, 0.5) is 5.69 Å². The van der Waals surface area contributed by atoms with E-state index < -0.39 is 0 Å². The van der Waals surface area contributed by atoms with Crippen LogP contribution in [0.5, 0.6) is 5.75 Å². The summed E-state index contributed by atoms with van der Waals surface area (Å²) >= 11 is 7.00. The summed E-state index contributed by atoms with van der Waals surface area (Å²) in [4.78, 5) is 17.3. The Morgan fingerprint density at radius 3 is 2.56 bits per heavy atom. The molecule has 1 fully saturated rings. The molecule has 0 aliphatic carbocycles. The second-order valence-electron chi connectivity index (χ2n) is 6.72. The van der Waals surface area contributed by atoms with E-state index in [1.807, 2.05) is 59.5 Å². The van der Waals surface area contributed by atoms with E-state index in [1.54, 1.807) is 0 Å². The zero-order valence-corrected chi connectivity index (χ0v) is 16.7. The largest absolute Gasteiger partial charge is 0.489 e. The summed E-state index contributed by atoms with van der Waals surface area (Å²) in [6.07, 6.45) is 2.36. The molecule has 1 amide bonds. The minimum absolute atomic E-state index is 0.0612. The van der Waals surface area contributed by atoms with Crippen molar-refractivity contribution < 1.29 is 9.53 Å². The van der Waals surface area contributed by atoms with Gasteiger partial charge in [-0.05, 0) is 30.5 Å². The Balaban J connectivity index is 1.55. The molecule has 4 rings (SSSR count). The molecule has 27 heavy (non-hydrogen) atoms. The number of thioether (sulfide) groups is 1. The van der Waals surface area contributed by atoms with Crippen molar-refractivity contribution in [2.75, 3.05) is 30.3 Å². The van der Waals surface area contributed by atoms with Gasteiger partial charge >= 0.3 is 0 Å². The van der Waals surface area contributed by atoms with E-state index in [-0.39, 0.29) is 11.9 Å². The highest BCUT2D eigenvalue weighted by atomic mass is 32.2. The average Bonchev–Trinajstić information content (AvgIpc) is 3.26. The molecule has 0 radical (unpaired) electrons. The van der Waals surface area contributed by atoms with Crippen LogP contribution in [0, 0.1) is 0 Å². The smallest absolute Gasteiger partial charge is 0.238 e. The molecule has 0 unspecified atom stereocenters. The first-order chi connectivity index (χ1) is 13.2. The number of benzene rings is 2. The van der Waals surface area contributed by atoms with Gasteiger partial charge in [-0.3, -0.25) is 9.69 Å². The summed E-state index contributed by atoms with van der Waals surface area (Å²) in [6.45, 7) is 2.47. The molecule has 0 N–H and O–H groups in total. The van der Waals surface area contributed by atoms with Crippen LogP contribution in [0.2, 0.25) is 0 Å². The minimum Gasteiger partial charge on any atom is -0.489 e. The van der Waals surface area contributed by atoms with E-state index in [2.05, 4.69) is 4.90 Å². The van der Waals surface area contributed by atoms with Gasteiger partial charge in [0, 0.05) is 13.1 Å². The Kier molecular flexibility index (Phi) is 5.64. The second-order valence-corrected chi connectivity index (χ2v) is 8.33. The van der Waals surface area contributed by atoms with Crippen LogP contribution in [0.25, 0.3) is 0 Å². The molecule has 6 heteroatoms. The maximum atomic E-state index is 13.2. The Labute approximate surface area is 169 Å². The first-order valence-corrected chi connectivity index (χ1v) is 10.6. The lowest BCUT2D eigenvalue weighted by molar-refractivity contribution is -0.117. The van der Waals surface area contributed by atoms with Gasteiger partial charge in [0.25, 0.3) is 0 Å². The van der Waals surface area contributed by atoms with Crippen LogP contribution in [0.15, 0.2) is 54.6 Å². The highest BCUT2D eigenvalue weighted by Gasteiger charge is 2.33. The van der Waals surface area contributed by atoms with Crippen LogP contribution in [-0.2, 0) is 4.79 Å². The summed E-state index contributed by atoms with van der Waals surface area (Å²) in [5.74, 6) is 1.16. The summed E-state index contributed by atoms with van der Waals surface area (Å²) in [5, 5.41) is 0. The molecular formula is C21H22N2O2S2. The fourth-order valence-electron chi connectivity index (χ4n) is 3.60. The molecule has 2 aliphatic rings. The third kappa shape index (κ3) is 3.96. The van der Waals surface area contributed by atoms with Gasteiger partial charge in [0.1, 0.15) is 16.7 Å². The van der Waals surface area contributed by atoms with E-state index in [9.17, 15) is 4.79 Å². The first-order valence-electron chi connectivity index (χ1n) is 9.24. The molecule has 0 spiro atoms. The molecule has 2 aliphatic heterocycles. The number of anilines is 1. The zero-order valence-electron chi connectivity index (χ0n) is 15.0. The zero-order chi connectivity index (χ0) is 18.6. The number of likely N-dealkylation sites (tertiary alicyclic amines) is 1. The number of hydrogen-bond acceptors (Lipinski definition) is 4. The van der Waals surface area contributed by atoms with Gasteiger partial charge in [-0.25, -0.2) is 0 Å². The Hall–Kier alpha value is -2.05. The van der Waals surface area contributed by atoms with Crippen LogP contribution >= 0.6 is 24.0 Å². The van der Waals surface area contributed by atoms with Crippen LogP contribution in [-0.4, -0.2) is 40.6 Å². The summed E-state index contributed by atoms with van der Waals surface area (Å²) in [5.41, 5.74) is 1.91. The van der Waals surface area contributed by atoms with Crippen molar-refractivity contribution in [2.45, 2.75) is 18.9 Å². The number of thiocarbonyl (C=S) groups is 1. The van der Waals surface area contributed by atoms with Crippen molar-refractivity contribution >= 4 is 39.9 Å². The minimum atomic E-state index is -0.130. The topological polar surface area (TPSA) is 32.8 Å². The van der Waals surface area contributed by atoms with E-state index >= 15 is 0 Å². The number of para-hydroxylation sites is 2. The molecule has 2 heterocycles. The highest BCUT2D eigenvalue weighted by molar-refractivity contribution is 8.23. The summed E-state index contributed by atoms with van der Waals surface area (Å²) < 4.78 is 6.78. The third-order valence-corrected chi connectivity index (χ3v) is 6.48. The highest BCUT2D eigenvalue weighted by Crippen LogP contribution is 2.39. The van der Waals surface area contributed by atoms with Crippen molar-refractivity contribution in [1.29, 1.82) is 0 Å². The van der Waals surface area contributed by atoms with Crippen LogP contribution in [0.1, 0.15) is 24.4 Å². The summed E-state index contributed by atoms with van der Waals surface area (Å²) in [6, 6.07) is 17.7. The molecule has 0 aromatic heterocycles. The van der Waals surface area contributed by atoms with Crippen molar-refractivity contribution in [1.82, 2.24) is 4.90 Å². The predicted octanol–water partition coefficient (Wildman–Crippen LogP) is 4.27. The lowest BCUT2D eigenvalue weighted by atomic mass is 10.0. The van der Waals surface area contributed by atoms with Gasteiger partial charge in [-0.1, -0.05) is 66.4 Å². The number of nitrogens with zero attached hydrogens (tertiary/aromatic N) is 2. The van der Waals surface area contributed by atoms with E-state index in [0.717, 1.165) is 34.4 Å². The van der Waals surface area contributed by atoms with E-state index in [1.165, 1.54) is 24.6 Å². The molecule has 4 nitrogen and oxygen atoms in total. The maximum Gasteiger partial charge on any atom is 0.238 e. The Bertz CT molecular complexity index is 822. The van der Waals surface area contributed by atoms with Gasteiger partial charge in [0.15, 0.2) is 0 Å². The number of hydrogen-bond donors (Lipinski definition) is 0. The van der Waals surface area contributed by atoms with Crippen molar-refractivity contribution in [3.05, 3.63) is 60.2 Å². The molecular weight excluding hydrogens is 376 g/mol. The van der Waals surface area contributed by atoms with Crippen LogP contribution in [0.3, 0.4) is 0 Å². The normalized spacial score (nSPS) is 18.7. The first kappa shape index (κ1) is 18.3. The molecule has 1 saturated heterocycles. The Morgan fingerprint density at radius 2 is 1.78 bits per heavy atom. The average molecular weight is 399 g/mol. The molecule has 140 valence electrons. The molecule has 0 saturated carbocycles. The Morgan fingerprint density at radius 1 is 1.07 bits per heavy atom. The van der Waals surface area contributed by atoms with Crippen molar-refractivity contribution in [2.24, 2.45) is 0 Å². The SMILES string of the molecule is O=C(CSC(=S)N1CCCC1)N1c2ccccc2OC[C@@H]1c1ccccc1. The van der Waals surface area contributed by atoms with Gasteiger partial charge in [0.2, 0.25) is 5.91 Å². The van der Waals surface area contributed by atoms with Gasteiger partial charge < -0.3 is 9.64 Å². The fraction of sp³-hybridized carbons (Fsp3) is 0.333. The number of carbonyl (C=O) groups is 1. The van der Waals surface area contributed by atoms with Crippen molar-refractivity contribution in [3.8, 4) is 5.75 Å². The number of amides is 1. The molecule has 0 bridgehead atoms. The lowest BCUT2D eigenvalue weighted by Gasteiger charge is -2.37. The maximum absolute atomic E-state index is 13.2. The van der Waals surface area contributed by atoms with Gasteiger partial charge in [-0.15, -0.1) is 0 Å². The second kappa shape index (κ2) is 8.31. The van der Waals surface area contributed by atoms with Crippen molar-refractivity contribution in [3.63, 3.8) is 0 Å². The number of ether oxygens (including phenoxy) is 1. The number of fused-ring (bicyclic) bond motifs is 1.